The molecule has 0 atom stereocenters. The maximum atomic E-state index is 6.22. The lowest BCUT2D eigenvalue weighted by Gasteiger charge is -2.22. The van der Waals surface area contributed by atoms with Crippen LogP contribution in [0.15, 0.2) is 24.8 Å². The Labute approximate surface area is 125 Å². The second kappa shape index (κ2) is 7.62. The lowest BCUT2D eigenvalue weighted by Crippen LogP contribution is -2.28. The first-order valence-electron chi connectivity index (χ1n) is 6.98. The van der Waals surface area contributed by atoms with E-state index in [1.807, 2.05) is 18.2 Å². The summed E-state index contributed by atoms with van der Waals surface area (Å²) in [6.07, 6.45) is 4.38. The maximum absolute atomic E-state index is 6.22. The molecule has 1 aliphatic carbocycles. The molecule has 20 heavy (non-hydrogen) atoms. The van der Waals surface area contributed by atoms with Gasteiger partial charge in [0.05, 0.1) is 17.3 Å². The smallest absolute Gasteiger partial charge is 0.129 e. The molecule has 1 aromatic heterocycles. The highest BCUT2D eigenvalue weighted by Crippen LogP contribution is 2.22. The number of anilines is 1. The van der Waals surface area contributed by atoms with E-state index in [4.69, 9.17) is 16.3 Å². The number of halogens is 1. The Morgan fingerprint density at radius 3 is 3.00 bits per heavy atom. The summed E-state index contributed by atoms with van der Waals surface area (Å²) in [4.78, 5) is 6.80. The van der Waals surface area contributed by atoms with E-state index in [1.165, 1.54) is 12.8 Å². The number of methoxy groups -OCH3 is 1. The van der Waals surface area contributed by atoms with Crippen molar-refractivity contribution in [2.24, 2.45) is 0 Å². The van der Waals surface area contributed by atoms with Gasteiger partial charge in [-0.1, -0.05) is 17.7 Å². The van der Waals surface area contributed by atoms with Gasteiger partial charge >= 0.3 is 0 Å². The van der Waals surface area contributed by atoms with Crippen molar-refractivity contribution in [2.75, 3.05) is 31.7 Å². The highest BCUT2D eigenvalue weighted by molar-refractivity contribution is 6.31. The number of aromatic nitrogens is 1. The van der Waals surface area contributed by atoms with Gasteiger partial charge in [0.15, 0.2) is 0 Å². The van der Waals surface area contributed by atoms with E-state index in [1.54, 1.807) is 7.11 Å². The fourth-order valence-electron chi connectivity index (χ4n) is 1.96. The first kappa shape index (κ1) is 15.3. The van der Waals surface area contributed by atoms with Gasteiger partial charge in [0.1, 0.15) is 5.82 Å². The Kier molecular flexibility index (Phi) is 5.83. The van der Waals surface area contributed by atoms with Crippen LogP contribution in [0.2, 0.25) is 5.02 Å². The minimum atomic E-state index is 0.647. The van der Waals surface area contributed by atoms with Gasteiger partial charge < -0.3 is 15.0 Å². The van der Waals surface area contributed by atoms with Crippen LogP contribution in [0.25, 0.3) is 0 Å². The summed E-state index contributed by atoms with van der Waals surface area (Å²) >= 11 is 6.22. The second-order valence-electron chi connectivity index (χ2n) is 4.98. The fraction of sp³-hybridized carbons (Fsp3) is 0.533. The van der Waals surface area contributed by atoms with E-state index in [-0.39, 0.29) is 0 Å². The van der Waals surface area contributed by atoms with Gasteiger partial charge in [-0.2, -0.15) is 0 Å². The molecule has 0 radical (unpaired) electrons. The zero-order chi connectivity index (χ0) is 14.4. The van der Waals surface area contributed by atoms with E-state index < -0.39 is 0 Å². The Hall–Kier alpha value is -1.10. The number of ether oxygens (including phenoxy) is 1. The molecule has 0 unspecified atom stereocenters. The van der Waals surface area contributed by atoms with Crippen LogP contribution < -0.4 is 10.2 Å². The summed E-state index contributed by atoms with van der Waals surface area (Å²) in [5, 5.41) is 4.16. The van der Waals surface area contributed by atoms with Crippen LogP contribution in [-0.4, -0.2) is 37.8 Å². The van der Waals surface area contributed by atoms with Gasteiger partial charge in [0, 0.05) is 32.8 Å². The SMILES string of the molecule is C=CCN(CCOC)c1ccc(Cl)c(CNC2CC2)n1. The second-order valence-corrected chi connectivity index (χ2v) is 5.39. The van der Waals surface area contributed by atoms with Crippen molar-refractivity contribution in [1.29, 1.82) is 0 Å². The van der Waals surface area contributed by atoms with Crippen LogP contribution in [0.4, 0.5) is 5.82 Å². The third-order valence-corrected chi connectivity index (χ3v) is 3.62. The lowest BCUT2D eigenvalue weighted by molar-refractivity contribution is 0.205. The van der Waals surface area contributed by atoms with Crippen molar-refractivity contribution in [3.8, 4) is 0 Å². The number of nitrogens with one attached hydrogen (secondary N) is 1. The van der Waals surface area contributed by atoms with Crippen LogP contribution >= 0.6 is 11.6 Å². The predicted molar refractivity (Wildman–Crippen MR) is 83.4 cm³/mol. The molecule has 1 saturated carbocycles. The standard InChI is InChI=1S/C15H22ClN3O/c1-3-8-19(9-10-20-2)15-7-6-13(16)14(18-15)11-17-12-4-5-12/h3,6-7,12,17H,1,4-5,8-11H2,2H3. The van der Waals surface area contributed by atoms with Gasteiger partial charge in [0.2, 0.25) is 0 Å². The summed E-state index contributed by atoms with van der Waals surface area (Å²) in [5.74, 6) is 0.916. The summed E-state index contributed by atoms with van der Waals surface area (Å²) < 4.78 is 5.14. The quantitative estimate of drug-likeness (QED) is 0.711. The number of rotatable bonds is 9. The monoisotopic (exact) mass is 295 g/mol. The van der Waals surface area contributed by atoms with Crippen molar-refractivity contribution in [2.45, 2.75) is 25.4 Å². The fourth-order valence-corrected chi connectivity index (χ4v) is 2.13. The van der Waals surface area contributed by atoms with E-state index in [0.29, 0.717) is 17.7 Å². The van der Waals surface area contributed by atoms with Crippen molar-refractivity contribution >= 4 is 17.4 Å². The van der Waals surface area contributed by atoms with E-state index in [9.17, 15) is 0 Å². The molecule has 2 rings (SSSR count). The summed E-state index contributed by atoms with van der Waals surface area (Å²) in [6.45, 7) is 6.71. The van der Waals surface area contributed by atoms with Crippen molar-refractivity contribution < 1.29 is 4.74 Å². The normalized spacial score (nSPS) is 14.3. The maximum Gasteiger partial charge on any atom is 0.129 e. The number of pyridine rings is 1. The first-order valence-corrected chi connectivity index (χ1v) is 7.36. The molecule has 1 aromatic rings. The molecule has 0 amide bonds. The average Bonchev–Trinajstić information content (AvgIpc) is 3.27. The Morgan fingerprint density at radius 2 is 2.35 bits per heavy atom. The zero-order valence-electron chi connectivity index (χ0n) is 11.9. The highest BCUT2D eigenvalue weighted by Gasteiger charge is 2.21. The third kappa shape index (κ3) is 4.47. The van der Waals surface area contributed by atoms with Crippen LogP contribution in [0, 0.1) is 0 Å². The van der Waals surface area contributed by atoms with Gasteiger partial charge in [-0.3, -0.25) is 0 Å². The molecular formula is C15H22ClN3O. The van der Waals surface area contributed by atoms with Crippen molar-refractivity contribution in [3.05, 3.63) is 35.5 Å². The molecule has 5 heteroatoms. The van der Waals surface area contributed by atoms with Crippen LogP contribution in [0.3, 0.4) is 0 Å². The molecule has 0 spiro atoms. The van der Waals surface area contributed by atoms with E-state index in [0.717, 1.165) is 31.1 Å². The van der Waals surface area contributed by atoms with Crippen LogP contribution in [0.5, 0.6) is 0 Å². The number of nitrogens with zero attached hydrogens (tertiary/aromatic N) is 2. The topological polar surface area (TPSA) is 37.4 Å². The predicted octanol–water partition coefficient (Wildman–Crippen LogP) is 2.63. The zero-order valence-corrected chi connectivity index (χ0v) is 12.7. The van der Waals surface area contributed by atoms with Gasteiger partial charge in [0.25, 0.3) is 0 Å². The molecular weight excluding hydrogens is 274 g/mol. The molecule has 1 aliphatic rings. The molecule has 1 N–H and O–H groups in total. The van der Waals surface area contributed by atoms with Crippen LogP contribution in [0.1, 0.15) is 18.5 Å². The van der Waals surface area contributed by atoms with Gasteiger partial charge in [-0.15, -0.1) is 6.58 Å². The van der Waals surface area contributed by atoms with Gasteiger partial charge in [-0.25, -0.2) is 4.98 Å². The first-order chi connectivity index (χ1) is 9.74. The van der Waals surface area contributed by atoms with E-state index >= 15 is 0 Å². The third-order valence-electron chi connectivity index (χ3n) is 3.28. The average molecular weight is 296 g/mol. The highest BCUT2D eigenvalue weighted by atomic mass is 35.5. The Balaban J connectivity index is 2.07. The molecule has 1 fully saturated rings. The number of hydrogen-bond acceptors (Lipinski definition) is 4. The van der Waals surface area contributed by atoms with Crippen LogP contribution in [-0.2, 0) is 11.3 Å². The molecule has 0 aromatic carbocycles. The molecule has 110 valence electrons. The van der Waals surface area contributed by atoms with Crippen molar-refractivity contribution in [3.63, 3.8) is 0 Å². The minimum Gasteiger partial charge on any atom is -0.383 e. The summed E-state index contributed by atoms with van der Waals surface area (Å²) in [6, 6.07) is 4.51. The Bertz CT molecular complexity index is 449. The Morgan fingerprint density at radius 1 is 1.55 bits per heavy atom. The summed E-state index contributed by atoms with van der Waals surface area (Å²) in [7, 11) is 1.70. The summed E-state index contributed by atoms with van der Waals surface area (Å²) in [5.41, 5.74) is 0.905. The molecule has 1 heterocycles. The molecule has 0 bridgehead atoms. The van der Waals surface area contributed by atoms with Crippen molar-refractivity contribution in [1.82, 2.24) is 10.3 Å². The molecule has 0 saturated heterocycles. The minimum absolute atomic E-state index is 0.647. The molecule has 4 nitrogen and oxygen atoms in total. The number of hydrogen-bond donors (Lipinski definition) is 1. The lowest BCUT2D eigenvalue weighted by atomic mass is 10.3. The molecule has 0 aliphatic heterocycles. The van der Waals surface area contributed by atoms with Gasteiger partial charge in [-0.05, 0) is 25.0 Å². The largest absolute Gasteiger partial charge is 0.383 e. The van der Waals surface area contributed by atoms with E-state index in [2.05, 4.69) is 21.8 Å².